The number of carboxylic acid groups (broad SMARTS) is 2. The molecule has 3 rings (SSSR count). The van der Waals surface area contributed by atoms with Gasteiger partial charge in [0.2, 0.25) is 0 Å². The third-order valence-corrected chi connectivity index (χ3v) is 5.12. The summed E-state index contributed by atoms with van der Waals surface area (Å²) in [4.78, 5) is 24.7. The number of rotatable bonds is 6. The maximum Gasteiger partial charge on any atom is 0.336 e. The van der Waals surface area contributed by atoms with Gasteiger partial charge in [-0.25, -0.2) is 18.4 Å². The highest BCUT2D eigenvalue weighted by Gasteiger charge is 2.30. The van der Waals surface area contributed by atoms with Crippen molar-refractivity contribution in [1.29, 1.82) is 0 Å². The first kappa shape index (κ1) is 21.2. The van der Waals surface area contributed by atoms with E-state index in [-0.39, 0.29) is 22.3 Å². The Kier molecular flexibility index (Phi) is 5.96. The highest BCUT2D eigenvalue weighted by Crippen LogP contribution is 2.42. The van der Waals surface area contributed by atoms with Crippen molar-refractivity contribution >= 4 is 11.9 Å². The fourth-order valence-corrected chi connectivity index (χ4v) is 3.92. The van der Waals surface area contributed by atoms with Crippen LogP contribution in [0, 0.1) is 11.6 Å². The van der Waals surface area contributed by atoms with Gasteiger partial charge in [0.1, 0.15) is 11.6 Å². The van der Waals surface area contributed by atoms with Gasteiger partial charge in [-0.15, -0.1) is 0 Å². The second-order valence-corrected chi connectivity index (χ2v) is 6.79. The molecule has 0 radical (unpaired) electrons. The summed E-state index contributed by atoms with van der Waals surface area (Å²) in [6.07, 6.45) is 0.617. The Labute approximate surface area is 172 Å². The average molecular weight is 410 g/mol. The topological polar surface area (TPSA) is 74.6 Å². The van der Waals surface area contributed by atoms with Crippen molar-refractivity contribution in [3.05, 3.63) is 82.4 Å². The summed E-state index contributed by atoms with van der Waals surface area (Å²) in [5.41, 5.74) is 1.90. The zero-order valence-electron chi connectivity index (χ0n) is 16.5. The average Bonchev–Trinajstić information content (AvgIpc) is 2.72. The van der Waals surface area contributed by atoms with E-state index in [1.165, 1.54) is 48.5 Å². The Morgan fingerprint density at radius 2 is 0.967 bits per heavy atom. The van der Waals surface area contributed by atoms with Crippen molar-refractivity contribution in [2.45, 2.75) is 26.7 Å². The highest BCUT2D eigenvalue weighted by molar-refractivity contribution is 6.10. The summed E-state index contributed by atoms with van der Waals surface area (Å²) >= 11 is 0. The van der Waals surface area contributed by atoms with Crippen molar-refractivity contribution in [3.63, 3.8) is 0 Å². The first-order chi connectivity index (χ1) is 14.3. The zero-order valence-corrected chi connectivity index (χ0v) is 16.5. The van der Waals surface area contributed by atoms with Crippen LogP contribution in [0.5, 0.6) is 0 Å². The van der Waals surface area contributed by atoms with Crippen LogP contribution >= 0.6 is 0 Å². The number of halogens is 2. The van der Waals surface area contributed by atoms with Gasteiger partial charge in [-0.05, 0) is 59.4 Å². The molecule has 0 amide bonds. The molecule has 0 aliphatic rings. The van der Waals surface area contributed by atoms with Crippen LogP contribution in [-0.2, 0) is 12.8 Å². The quantitative estimate of drug-likeness (QED) is 0.537. The van der Waals surface area contributed by atoms with Gasteiger partial charge in [-0.2, -0.15) is 0 Å². The summed E-state index contributed by atoms with van der Waals surface area (Å²) in [5, 5.41) is 20.2. The van der Waals surface area contributed by atoms with E-state index in [4.69, 9.17) is 0 Å². The van der Waals surface area contributed by atoms with Crippen LogP contribution in [0.15, 0.2) is 48.5 Å². The lowest BCUT2D eigenvalue weighted by Gasteiger charge is -2.23. The van der Waals surface area contributed by atoms with Gasteiger partial charge in [0.25, 0.3) is 0 Å². The van der Waals surface area contributed by atoms with Crippen molar-refractivity contribution in [2.24, 2.45) is 0 Å². The molecule has 0 spiro atoms. The van der Waals surface area contributed by atoms with Crippen molar-refractivity contribution in [3.8, 4) is 22.3 Å². The third-order valence-electron chi connectivity index (χ3n) is 5.12. The minimum Gasteiger partial charge on any atom is -0.478 e. The Bertz CT molecular complexity index is 1030. The Morgan fingerprint density at radius 1 is 0.667 bits per heavy atom. The molecule has 4 nitrogen and oxygen atoms in total. The Hall–Kier alpha value is -3.54. The molecule has 0 aromatic heterocycles. The molecule has 0 heterocycles. The predicted octanol–water partition coefficient (Wildman–Crippen LogP) is 5.82. The molecule has 6 heteroatoms. The number of hydrogen-bond acceptors (Lipinski definition) is 2. The van der Waals surface area contributed by atoms with Crippen molar-refractivity contribution in [2.75, 3.05) is 0 Å². The molecular formula is C24H20F2O4. The second kappa shape index (κ2) is 8.45. The molecule has 0 saturated heterocycles. The van der Waals surface area contributed by atoms with Gasteiger partial charge in [-0.3, -0.25) is 0 Å². The second-order valence-electron chi connectivity index (χ2n) is 6.79. The summed E-state index contributed by atoms with van der Waals surface area (Å²) in [7, 11) is 0. The number of hydrogen-bond donors (Lipinski definition) is 2. The SMILES string of the molecule is CCc1c(CC)c(C(=O)O)c(-c2ccc(F)cc2)c(-c2ccc(F)cc2)c1C(=O)O. The van der Waals surface area contributed by atoms with Gasteiger partial charge in [0, 0.05) is 11.1 Å². The van der Waals surface area contributed by atoms with Gasteiger partial charge >= 0.3 is 11.9 Å². The standard InChI is InChI=1S/C24H20F2O4/c1-3-17-18(4-2)22(24(29)30)20(14-7-11-16(26)12-8-14)19(21(17)23(27)28)13-5-9-15(25)10-6-13/h5-12H,3-4H2,1-2H3,(H,27,28)(H,29,30). The van der Waals surface area contributed by atoms with E-state index in [2.05, 4.69) is 0 Å². The summed E-state index contributed by atoms with van der Waals surface area (Å²) in [6, 6.07) is 10.4. The fourth-order valence-electron chi connectivity index (χ4n) is 3.92. The van der Waals surface area contributed by atoms with Crippen LogP contribution in [0.4, 0.5) is 8.78 Å². The molecule has 154 valence electrons. The summed E-state index contributed by atoms with van der Waals surface area (Å²) in [6.45, 7) is 3.52. The zero-order chi connectivity index (χ0) is 22.0. The molecule has 0 saturated carbocycles. The molecule has 3 aromatic carbocycles. The minimum absolute atomic E-state index is 0.0229. The molecule has 0 unspecified atom stereocenters. The van der Waals surface area contributed by atoms with Gasteiger partial charge in [-0.1, -0.05) is 38.1 Å². The van der Waals surface area contributed by atoms with E-state index in [1.54, 1.807) is 13.8 Å². The Morgan fingerprint density at radius 3 is 1.20 bits per heavy atom. The molecule has 3 aromatic rings. The maximum absolute atomic E-state index is 13.5. The van der Waals surface area contributed by atoms with E-state index in [1.807, 2.05) is 0 Å². The van der Waals surface area contributed by atoms with Crippen LogP contribution in [0.2, 0.25) is 0 Å². The monoisotopic (exact) mass is 410 g/mol. The van der Waals surface area contributed by atoms with E-state index in [0.29, 0.717) is 35.1 Å². The normalized spacial score (nSPS) is 10.8. The Balaban J connectivity index is 2.61. The number of carbonyl (C=O) groups is 2. The molecule has 0 bridgehead atoms. The van der Waals surface area contributed by atoms with E-state index >= 15 is 0 Å². The largest absolute Gasteiger partial charge is 0.478 e. The lowest BCUT2D eigenvalue weighted by molar-refractivity contribution is 0.0680. The summed E-state index contributed by atoms with van der Waals surface area (Å²) < 4.78 is 27.1. The van der Waals surface area contributed by atoms with Crippen LogP contribution in [0.1, 0.15) is 45.7 Å². The number of benzene rings is 3. The molecule has 30 heavy (non-hydrogen) atoms. The molecular weight excluding hydrogens is 390 g/mol. The van der Waals surface area contributed by atoms with Gasteiger partial charge < -0.3 is 10.2 Å². The first-order valence-electron chi connectivity index (χ1n) is 9.50. The van der Waals surface area contributed by atoms with Crippen LogP contribution in [0.25, 0.3) is 22.3 Å². The third kappa shape index (κ3) is 3.68. The minimum atomic E-state index is -1.21. The molecule has 0 atom stereocenters. The maximum atomic E-state index is 13.5. The molecule has 2 N–H and O–H groups in total. The lowest BCUT2D eigenvalue weighted by atomic mass is 9.79. The molecule has 0 aliphatic heterocycles. The fraction of sp³-hybridized carbons (Fsp3) is 0.167. The molecule has 0 fully saturated rings. The van der Waals surface area contributed by atoms with Gasteiger partial charge in [0.05, 0.1) is 11.1 Å². The lowest BCUT2D eigenvalue weighted by Crippen LogP contribution is -2.16. The van der Waals surface area contributed by atoms with Crippen molar-refractivity contribution < 1.29 is 28.6 Å². The first-order valence-corrected chi connectivity index (χ1v) is 9.50. The number of aromatic carboxylic acids is 2. The smallest absolute Gasteiger partial charge is 0.336 e. The van der Waals surface area contributed by atoms with E-state index in [0.717, 1.165) is 0 Å². The van der Waals surface area contributed by atoms with E-state index < -0.39 is 23.6 Å². The van der Waals surface area contributed by atoms with Crippen LogP contribution < -0.4 is 0 Å². The number of carboxylic acids is 2. The van der Waals surface area contributed by atoms with Crippen LogP contribution in [-0.4, -0.2) is 22.2 Å². The highest BCUT2D eigenvalue weighted by atomic mass is 19.1. The summed E-state index contributed by atoms with van der Waals surface area (Å²) in [5.74, 6) is -3.42. The molecule has 0 aliphatic carbocycles. The predicted molar refractivity (Wildman–Crippen MR) is 110 cm³/mol. The van der Waals surface area contributed by atoms with Gasteiger partial charge in [0.15, 0.2) is 0 Å². The van der Waals surface area contributed by atoms with E-state index in [9.17, 15) is 28.6 Å². The van der Waals surface area contributed by atoms with Crippen molar-refractivity contribution in [1.82, 2.24) is 0 Å². The van der Waals surface area contributed by atoms with Crippen LogP contribution in [0.3, 0.4) is 0 Å².